The summed E-state index contributed by atoms with van der Waals surface area (Å²) in [7, 11) is 0. The molecule has 0 saturated heterocycles. The average molecular weight is 340 g/mol. The van der Waals surface area contributed by atoms with Gasteiger partial charge in [0.1, 0.15) is 17.4 Å². The smallest absolute Gasteiger partial charge is 0.291 e. The van der Waals surface area contributed by atoms with Crippen LogP contribution in [0.4, 0.5) is 4.39 Å². The van der Waals surface area contributed by atoms with Crippen LogP contribution in [-0.2, 0) is 6.42 Å². The van der Waals surface area contributed by atoms with Crippen LogP contribution >= 0.6 is 0 Å². The first-order valence-electron chi connectivity index (χ1n) is 8.18. The van der Waals surface area contributed by atoms with Crippen LogP contribution in [0.2, 0.25) is 0 Å². The van der Waals surface area contributed by atoms with Crippen LogP contribution in [0.5, 0.6) is 0 Å². The first kappa shape index (κ1) is 15.6. The monoisotopic (exact) mass is 340 g/mol. The maximum atomic E-state index is 13.1. The van der Waals surface area contributed by atoms with E-state index >= 15 is 0 Å². The van der Waals surface area contributed by atoms with Crippen LogP contribution in [0, 0.1) is 12.7 Å². The van der Waals surface area contributed by atoms with Crippen molar-refractivity contribution in [3.63, 3.8) is 0 Å². The van der Waals surface area contributed by atoms with Gasteiger partial charge in [0, 0.05) is 12.0 Å². The molecule has 128 valence electrons. The maximum absolute atomic E-state index is 13.1. The second kappa shape index (κ2) is 6.16. The number of aryl methyl sites for hydroxylation is 2. The number of hydrogen-bond donors (Lipinski definition) is 1. The molecule has 0 aliphatic heterocycles. The lowest BCUT2D eigenvalue weighted by Gasteiger charge is -2.21. The first-order valence-corrected chi connectivity index (χ1v) is 8.18. The predicted molar refractivity (Wildman–Crippen MR) is 87.9 cm³/mol. The van der Waals surface area contributed by atoms with Crippen molar-refractivity contribution in [3.8, 4) is 5.69 Å². The standard InChI is InChI=1S/C18H17FN4O2/c1-11-20-17(22-23(11)13-7-5-12(19)6-8-13)18(24)21-15-3-2-4-16-14(15)9-10-25-16/h5-10,15H,2-4H2,1H3,(H,21,24)/t15-/m0/s1. The van der Waals surface area contributed by atoms with Gasteiger partial charge in [-0.2, -0.15) is 0 Å². The molecule has 3 aromatic rings. The Morgan fingerprint density at radius 1 is 1.32 bits per heavy atom. The molecule has 4 rings (SSSR count). The third-order valence-corrected chi connectivity index (χ3v) is 4.40. The van der Waals surface area contributed by atoms with E-state index in [4.69, 9.17) is 4.42 Å². The van der Waals surface area contributed by atoms with Crippen LogP contribution in [0.15, 0.2) is 41.0 Å². The van der Waals surface area contributed by atoms with Gasteiger partial charge < -0.3 is 9.73 Å². The van der Waals surface area contributed by atoms with Gasteiger partial charge in [0.2, 0.25) is 5.82 Å². The minimum atomic E-state index is -0.331. The molecule has 6 nitrogen and oxygen atoms in total. The molecule has 1 aliphatic carbocycles. The van der Waals surface area contributed by atoms with E-state index < -0.39 is 0 Å². The van der Waals surface area contributed by atoms with Gasteiger partial charge in [0.05, 0.1) is 18.0 Å². The van der Waals surface area contributed by atoms with E-state index in [1.165, 1.54) is 16.8 Å². The number of amides is 1. The third kappa shape index (κ3) is 2.93. The summed E-state index contributed by atoms with van der Waals surface area (Å²) in [6.45, 7) is 1.75. The second-order valence-electron chi connectivity index (χ2n) is 6.09. The molecule has 1 N–H and O–H groups in total. The highest BCUT2D eigenvalue weighted by molar-refractivity contribution is 5.90. The minimum Gasteiger partial charge on any atom is -0.469 e. The van der Waals surface area contributed by atoms with Crippen molar-refractivity contribution < 1.29 is 13.6 Å². The largest absolute Gasteiger partial charge is 0.469 e. The Bertz CT molecular complexity index is 914. The van der Waals surface area contributed by atoms with Gasteiger partial charge in [0.15, 0.2) is 0 Å². The molecule has 1 aromatic carbocycles. The lowest BCUT2D eigenvalue weighted by molar-refractivity contribution is 0.0921. The minimum absolute atomic E-state index is 0.0897. The van der Waals surface area contributed by atoms with E-state index in [9.17, 15) is 9.18 Å². The first-order chi connectivity index (χ1) is 12.1. The number of hydrogen-bond acceptors (Lipinski definition) is 4. The van der Waals surface area contributed by atoms with Crippen molar-refractivity contribution in [1.29, 1.82) is 0 Å². The van der Waals surface area contributed by atoms with E-state index in [-0.39, 0.29) is 23.6 Å². The van der Waals surface area contributed by atoms with Gasteiger partial charge in [-0.1, -0.05) is 0 Å². The molecular weight excluding hydrogens is 323 g/mol. The van der Waals surface area contributed by atoms with Crippen LogP contribution in [0.1, 0.15) is 46.7 Å². The Balaban J connectivity index is 1.56. The number of nitrogens with one attached hydrogen (secondary N) is 1. The Kier molecular flexibility index (Phi) is 3.83. The molecule has 0 bridgehead atoms. The number of nitrogens with zero attached hydrogens (tertiary/aromatic N) is 3. The van der Waals surface area contributed by atoms with Gasteiger partial charge in [-0.25, -0.2) is 14.1 Å². The molecule has 2 heterocycles. The number of aromatic nitrogens is 3. The predicted octanol–water partition coefficient (Wildman–Crippen LogP) is 3.12. The molecule has 7 heteroatoms. The van der Waals surface area contributed by atoms with Crippen molar-refractivity contribution in [1.82, 2.24) is 20.1 Å². The number of carbonyl (C=O) groups is 1. The number of halogens is 1. The fourth-order valence-corrected chi connectivity index (χ4v) is 3.17. The lowest BCUT2D eigenvalue weighted by atomic mass is 9.93. The van der Waals surface area contributed by atoms with Gasteiger partial charge in [-0.05, 0) is 50.1 Å². The van der Waals surface area contributed by atoms with E-state index in [1.807, 2.05) is 6.07 Å². The molecule has 0 unspecified atom stereocenters. The zero-order valence-electron chi connectivity index (χ0n) is 13.7. The molecule has 2 aromatic heterocycles. The molecule has 0 spiro atoms. The molecule has 0 radical (unpaired) electrons. The van der Waals surface area contributed by atoms with Crippen LogP contribution in [0.25, 0.3) is 5.69 Å². The molecule has 0 saturated carbocycles. The highest BCUT2D eigenvalue weighted by Crippen LogP contribution is 2.30. The zero-order valence-corrected chi connectivity index (χ0v) is 13.7. The Hall–Kier alpha value is -2.96. The van der Waals surface area contributed by atoms with Gasteiger partial charge in [0.25, 0.3) is 5.91 Å². The average Bonchev–Trinajstić information content (AvgIpc) is 3.23. The molecule has 1 amide bonds. The summed E-state index contributed by atoms with van der Waals surface area (Å²) in [6, 6.07) is 7.69. The van der Waals surface area contributed by atoms with E-state index in [2.05, 4.69) is 15.4 Å². The van der Waals surface area contributed by atoms with E-state index in [0.29, 0.717) is 11.5 Å². The summed E-state index contributed by atoms with van der Waals surface area (Å²) in [6.07, 6.45) is 4.36. The third-order valence-electron chi connectivity index (χ3n) is 4.40. The van der Waals surface area contributed by atoms with Crippen LogP contribution in [0.3, 0.4) is 0 Å². The Labute approximate surface area is 143 Å². The fraction of sp³-hybridized carbons (Fsp3) is 0.278. The molecular formula is C18H17FN4O2. The quantitative estimate of drug-likeness (QED) is 0.795. The topological polar surface area (TPSA) is 73.0 Å². The van der Waals surface area contributed by atoms with Gasteiger partial charge >= 0.3 is 0 Å². The number of fused-ring (bicyclic) bond motifs is 1. The summed E-state index contributed by atoms with van der Waals surface area (Å²) >= 11 is 0. The number of furan rings is 1. The summed E-state index contributed by atoms with van der Waals surface area (Å²) in [5.41, 5.74) is 1.68. The molecule has 1 atom stereocenters. The Morgan fingerprint density at radius 2 is 2.12 bits per heavy atom. The number of carbonyl (C=O) groups excluding carboxylic acids is 1. The van der Waals surface area contributed by atoms with Crippen molar-refractivity contribution in [2.75, 3.05) is 0 Å². The van der Waals surface area contributed by atoms with E-state index in [1.54, 1.807) is 25.3 Å². The fourth-order valence-electron chi connectivity index (χ4n) is 3.17. The Morgan fingerprint density at radius 3 is 2.92 bits per heavy atom. The van der Waals surface area contributed by atoms with Gasteiger partial charge in [-0.3, -0.25) is 4.79 Å². The highest BCUT2D eigenvalue weighted by Gasteiger charge is 2.26. The summed E-state index contributed by atoms with van der Waals surface area (Å²) in [4.78, 5) is 16.8. The highest BCUT2D eigenvalue weighted by atomic mass is 19.1. The summed E-state index contributed by atoms with van der Waals surface area (Å²) in [5, 5.41) is 7.25. The molecule has 0 fully saturated rings. The molecule has 1 aliphatic rings. The van der Waals surface area contributed by atoms with Crippen molar-refractivity contribution in [3.05, 3.63) is 65.4 Å². The maximum Gasteiger partial charge on any atom is 0.291 e. The van der Waals surface area contributed by atoms with Gasteiger partial charge in [-0.15, -0.1) is 5.10 Å². The van der Waals surface area contributed by atoms with Crippen molar-refractivity contribution in [2.45, 2.75) is 32.2 Å². The van der Waals surface area contributed by atoms with Crippen LogP contribution < -0.4 is 5.32 Å². The SMILES string of the molecule is Cc1nc(C(=O)N[C@H]2CCCc3occc32)nn1-c1ccc(F)cc1. The van der Waals surface area contributed by atoms with E-state index in [0.717, 1.165) is 30.6 Å². The van der Waals surface area contributed by atoms with Crippen molar-refractivity contribution in [2.24, 2.45) is 0 Å². The number of benzene rings is 1. The second-order valence-corrected chi connectivity index (χ2v) is 6.09. The zero-order chi connectivity index (χ0) is 17.4. The normalized spacial score (nSPS) is 16.5. The van der Waals surface area contributed by atoms with Crippen LogP contribution in [-0.4, -0.2) is 20.7 Å². The summed E-state index contributed by atoms with van der Waals surface area (Å²) < 4.78 is 20.0. The summed E-state index contributed by atoms with van der Waals surface area (Å²) in [5.74, 6) is 0.926. The lowest BCUT2D eigenvalue weighted by Crippen LogP contribution is -2.31. The number of rotatable bonds is 3. The molecule has 25 heavy (non-hydrogen) atoms. The van der Waals surface area contributed by atoms with Crippen molar-refractivity contribution >= 4 is 5.91 Å².